The zero-order valence-electron chi connectivity index (χ0n) is 26.5. The number of primary sulfonamides is 1. The Bertz CT molecular complexity index is 1550. The number of aromatic hydroxyl groups is 2. The second-order valence-electron chi connectivity index (χ2n) is 11.0. The molecule has 0 saturated heterocycles. The Morgan fingerprint density at radius 2 is 1.72 bits per heavy atom. The summed E-state index contributed by atoms with van der Waals surface area (Å²) in [6.45, 7) is 1.41. The summed E-state index contributed by atoms with van der Waals surface area (Å²) in [5.74, 6) is -3.28. The molecule has 1 aliphatic rings. The van der Waals surface area contributed by atoms with Gasteiger partial charge in [0.15, 0.2) is 11.5 Å². The van der Waals surface area contributed by atoms with Gasteiger partial charge in [0.25, 0.3) is 0 Å². The third-order valence-corrected chi connectivity index (χ3v) is 8.36. The van der Waals surface area contributed by atoms with Gasteiger partial charge < -0.3 is 34.5 Å². The van der Waals surface area contributed by atoms with Crippen LogP contribution in [0.25, 0.3) is 6.08 Å². The van der Waals surface area contributed by atoms with Crippen molar-refractivity contribution >= 4 is 33.8 Å². The number of rotatable bonds is 10. The van der Waals surface area contributed by atoms with E-state index in [1.54, 1.807) is 19.1 Å². The summed E-state index contributed by atoms with van der Waals surface area (Å²) < 4.78 is 44.8. The van der Waals surface area contributed by atoms with Crippen molar-refractivity contribution in [2.24, 2.45) is 5.14 Å². The van der Waals surface area contributed by atoms with Gasteiger partial charge in [0.2, 0.25) is 21.7 Å². The van der Waals surface area contributed by atoms with E-state index < -0.39 is 57.6 Å². The molecule has 0 aliphatic carbocycles. The number of fused-ring (bicyclic) bond motifs is 1. The number of ether oxygens (including phenoxy) is 4. The number of amides is 1. The number of carbonyl (C=O) groups is 3. The van der Waals surface area contributed by atoms with Crippen LogP contribution in [0.15, 0.2) is 24.3 Å². The maximum absolute atomic E-state index is 13.6. The number of phenols is 2. The summed E-state index contributed by atoms with van der Waals surface area (Å²) in [4.78, 5) is 38.9. The molecule has 46 heavy (non-hydrogen) atoms. The number of Topliss-reactive ketones (excluding diaryl/α,β-unsaturated/α-hetero) is 1. The number of allylic oxidation sites excluding steroid dienone is 1. The van der Waals surface area contributed by atoms with Gasteiger partial charge in [0.1, 0.15) is 22.8 Å². The Morgan fingerprint density at radius 1 is 1.07 bits per heavy atom. The van der Waals surface area contributed by atoms with Gasteiger partial charge in [-0.3, -0.25) is 9.59 Å². The lowest BCUT2D eigenvalue weighted by Gasteiger charge is -2.24. The molecule has 0 radical (unpaired) electrons. The lowest BCUT2D eigenvalue weighted by Crippen LogP contribution is -2.32. The first kappa shape index (κ1) is 36.2. The largest absolute Gasteiger partial charge is 0.507 e. The van der Waals surface area contributed by atoms with Gasteiger partial charge >= 0.3 is 5.97 Å². The molecule has 13 nitrogen and oxygen atoms in total. The summed E-state index contributed by atoms with van der Waals surface area (Å²) in [6.07, 6.45) is 5.20. The van der Waals surface area contributed by atoms with Crippen LogP contribution in [0.5, 0.6) is 28.7 Å². The van der Waals surface area contributed by atoms with E-state index >= 15 is 0 Å². The number of ketones is 1. The molecule has 2 aromatic carbocycles. The van der Waals surface area contributed by atoms with Crippen LogP contribution < -0.4 is 24.7 Å². The van der Waals surface area contributed by atoms with Crippen LogP contribution in [-0.2, 0) is 24.3 Å². The van der Waals surface area contributed by atoms with Crippen LogP contribution in [0.1, 0.15) is 84.8 Å². The topological polar surface area (TPSA) is 201 Å². The summed E-state index contributed by atoms with van der Waals surface area (Å²) in [7, 11) is 0.362. The van der Waals surface area contributed by atoms with Crippen LogP contribution in [0.2, 0.25) is 0 Å². The molecule has 2 atom stereocenters. The highest BCUT2D eigenvalue weighted by molar-refractivity contribution is 7.89. The fourth-order valence-corrected chi connectivity index (χ4v) is 5.69. The van der Waals surface area contributed by atoms with Gasteiger partial charge in [-0.2, -0.15) is 0 Å². The Morgan fingerprint density at radius 3 is 2.33 bits per heavy atom. The van der Waals surface area contributed by atoms with E-state index in [1.807, 2.05) is 0 Å². The molecule has 1 amide bonds. The maximum Gasteiger partial charge on any atom is 0.342 e. The van der Waals surface area contributed by atoms with E-state index in [4.69, 9.17) is 24.1 Å². The second kappa shape index (κ2) is 16.3. The van der Waals surface area contributed by atoms with Gasteiger partial charge in [0.05, 0.1) is 33.2 Å². The highest BCUT2D eigenvalue weighted by Crippen LogP contribution is 2.47. The number of hydrogen-bond donors (Lipinski definition) is 4. The molecule has 1 aliphatic heterocycles. The van der Waals surface area contributed by atoms with E-state index in [0.717, 1.165) is 0 Å². The number of nitrogens with one attached hydrogen (secondary N) is 1. The zero-order valence-corrected chi connectivity index (χ0v) is 27.3. The minimum absolute atomic E-state index is 0.135. The molecule has 2 aromatic rings. The highest BCUT2D eigenvalue weighted by atomic mass is 32.2. The van der Waals surface area contributed by atoms with Crippen molar-refractivity contribution in [2.75, 3.05) is 33.6 Å². The molecule has 5 N–H and O–H groups in total. The number of sulfonamides is 1. The number of cyclic esters (lactones) is 1. The van der Waals surface area contributed by atoms with Crippen molar-refractivity contribution in [3.05, 3.63) is 46.5 Å². The first-order valence-corrected chi connectivity index (χ1v) is 16.6. The van der Waals surface area contributed by atoms with Crippen LogP contribution >= 0.6 is 0 Å². The summed E-state index contributed by atoms with van der Waals surface area (Å²) >= 11 is 0. The Labute approximate surface area is 268 Å². The number of benzene rings is 2. The lowest BCUT2D eigenvalue weighted by atomic mass is 9.84. The lowest BCUT2D eigenvalue weighted by molar-refractivity contribution is -0.121. The van der Waals surface area contributed by atoms with Gasteiger partial charge in [0, 0.05) is 37.3 Å². The summed E-state index contributed by atoms with van der Waals surface area (Å²) in [6, 6.07) is 4.38. The molecule has 0 spiro atoms. The number of hydrogen-bond acceptors (Lipinski definition) is 11. The van der Waals surface area contributed by atoms with E-state index in [-0.39, 0.29) is 46.3 Å². The first-order valence-electron chi connectivity index (χ1n) is 14.8. The fourth-order valence-electron chi connectivity index (χ4n) is 5.30. The van der Waals surface area contributed by atoms with E-state index in [0.29, 0.717) is 44.1 Å². The summed E-state index contributed by atoms with van der Waals surface area (Å²) in [5.41, 5.74) is 0.153. The van der Waals surface area contributed by atoms with Crippen LogP contribution in [-0.4, -0.2) is 76.0 Å². The molecule has 3 rings (SSSR count). The number of esters is 1. The van der Waals surface area contributed by atoms with Gasteiger partial charge in [-0.15, -0.1) is 0 Å². The zero-order chi connectivity index (χ0) is 34.0. The molecule has 0 saturated carbocycles. The van der Waals surface area contributed by atoms with E-state index in [9.17, 15) is 33.0 Å². The van der Waals surface area contributed by atoms with Crippen molar-refractivity contribution in [3.63, 3.8) is 0 Å². The van der Waals surface area contributed by atoms with Crippen molar-refractivity contribution in [3.8, 4) is 28.7 Å². The average Bonchev–Trinajstić information content (AvgIpc) is 2.98. The molecule has 0 bridgehead atoms. The Hall–Kier alpha value is -4.30. The van der Waals surface area contributed by atoms with Crippen molar-refractivity contribution in [1.82, 2.24) is 5.32 Å². The molecule has 0 fully saturated rings. The van der Waals surface area contributed by atoms with Gasteiger partial charge in [-0.1, -0.05) is 12.2 Å². The van der Waals surface area contributed by atoms with Crippen molar-refractivity contribution < 1.29 is 52.0 Å². The molecule has 252 valence electrons. The quantitative estimate of drug-likeness (QED) is 0.271. The number of phenolic OH excluding ortho intramolecular Hbond substituents is 2. The van der Waals surface area contributed by atoms with E-state index in [1.165, 1.54) is 39.5 Å². The molecule has 1 unspecified atom stereocenters. The number of nitrogens with two attached hydrogens (primary N) is 1. The van der Waals surface area contributed by atoms with Crippen molar-refractivity contribution in [1.29, 1.82) is 0 Å². The molecule has 1 heterocycles. The maximum atomic E-state index is 13.6. The van der Waals surface area contributed by atoms with Gasteiger partial charge in [-0.25, -0.2) is 18.4 Å². The third kappa shape index (κ3) is 9.60. The first-order chi connectivity index (χ1) is 21.8. The minimum Gasteiger partial charge on any atom is -0.507 e. The number of carbonyl (C=O) groups excluding carboxylic acids is 3. The second-order valence-corrected chi connectivity index (χ2v) is 12.7. The monoisotopic (exact) mass is 662 g/mol. The molecule has 14 heteroatoms. The smallest absolute Gasteiger partial charge is 0.342 e. The molecular formula is C32H42N2O11S. The molecule has 0 aromatic heterocycles. The predicted octanol–water partition coefficient (Wildman–Crippen LogP) is 3.53. The Kier molecular flexibility index (Phi) is 12.8. The SMILES string of the molecule is COc1cc(C(CC(=O)NCCS(N)(=O)=O)c2c(O)cc3c(c2O)C(=O)O[C@@H](C)CCCC(=O)CCC/C=C/3)cc(OC)c1OC. The molecular weight excluding hydrogens is 620 g/mol. The average molecular weight is 663 g/mol. The number of methoxy groups -OCH3 is 3. The van der Waals surface area contributed by atoms with Crippen LogP contribution in [0.3, 0.4) is 0 Å². The fraction of sp³-hybridized carbons (Fsp3) is 0.469. The van der Waals surface area contributed by atoms with Crippen molar-refractivity contribution in [2.45, 2.75) is 63.9 Å². The van der Waals surface area contributed by atoms with Crippen LogP contribution in [0.4, 0.5) is 0 Å². The predicted molar refractivity (Wildman–Crippen MR) is 170 cm³/mol. The normalized spacial score (nSPS) is 17.5. The Balaban J connectivity index is 2.21. The van der Waals surface area contributed by atoms with Crippen LogP contribution in [0, 0.1) is 0 Å². The minimum atomic E-state index is -3.85. The standard InChI is InChI=1S/C32H42N2O11S/c1-19-9-8-12-22(35)11-7-5-6-10-20-15-24(36)29(30(38)28(20)32(39)45-19)23(18-27(37)34-13-14-46(33,40)41)21-16-25(42-2)31(44-4)26(17-21)43-3/h6,10,15-17,19,23,36,38H,5,7-9,11-14,18H2,1-4H3,(H,34,37)(H2,33,40,41)/b10-6+/t19-,23?/m0/s1. The highest BCUT2D eigenvalue weighted by Gasteiger charge is 2.32. The van der Waals surface area contributed by atoms with E-state index in [2.05, 4.69) is 5.32 Å². The summed E-state index contributed by atoms with van der Waals surface area (Å²) in [5, 5.41) is 30.7. The third-order valence-electron chi connectivity index (χ3n) is 7.59. The van der Waals surface area contributed by atoms with Gasteiger partial charge in [-0.05, 0) is 61.9 Å².